The van der Waals surface area contributed by atoms with E-state index in [0.29, 0.717) is 41.7 Å². The summed E-state index contributed by atoms with van der Waals surface area (Å²) in [4.78, 5) is 24.5. The van der Waals surface area contributed by atoms with Crippen LogP contribution in [0.2, 0.25) is 0 Å². The number of nitrogens with one attached hydrogen (secondary N) is 2. The Balaban J connectivity index is 1.40. The van der Waals surface area contributed by atoms with Crippen molar-refractivity contribution in [1.82, 2.24) is 19.8 Å². The summed E-state index contributed by atoms with van der Waals surface area (Å²) in [6.07, 6.45) is 0. The van der Waals surface area contributed by atoms with Crippen molar-refractivity contribution in [3.63, 3.8) is 0 Å². The van der Waals surface area contributed by atoms with Crippen LogP contribution in [0.4, 0.5) is 16.2 Å². The molecule has 0 unspecified atom stereocenters. The average Bonchev–Trinajstić information content (AvgIpc) is 3.33. The van der Waals surface area contributed by atoms with E-state index in [2.05, 4.69) is 21.1 Å². The van der Waals surface area contributed by atoms with Crippen molar-refractivity contribution < 1.29 is 19.0 Å². The van der Waals surface area contributed by atoms with Gasteiger partial charge in [0.1, 0.15) is 0 Å². The van der Waals surface area contributed by atoms with E-state index in [9.17, 15) is 9.59 Å². The number of fused-ring (bicyclic) bond motifs is 1. The van der Waals surface area contributed by atoms with E-state index in [1.807, 2.05) is 0 Å². The predicted molar refractivity (Wildman–Crippen MR) is 103 cm³/mol. The van der Waals surface area contributed by atoms with Gasteiger partial charge in [0.05, 0.1) is 18.8 Å². The van der Waals surface area contributed by atoms with Crippen molar-refractivity contribution in [1.29, 1.82) is 0 Å². The third-order valence-corrected chi connectivity index (χ3v) is 4.15. The van der Waals surface area contributed by atoms with E-state index in [1.54, 1.807) is 49.6 Å². The van der Waals surface area contributed by atoms with Crippen molar-refractivity contribution in [3.8, 4) is 17.2 Å². The third-order valence-electron chi connectivity index (χ3n) is 4.15. The van der Waals surface area contributed by atoms with Crippen LogP contribution in [0, 0.1) is 0 Å². The molecular formula is C18H18N6O5. The molecule has 11 nitrogen and oxygen atoms in total. The van der Waals surface area contributed by atoms with Gasteiger partial charge in [-0.2, -0.15) is 9.36 Å². The molecule has 0 spiro atoms. The molecule has 0 bridgehead atoms. The topological polar surface area (TPSA) is 122 Å². The van der Waals surface area contributed by atoms with Crippen LogP contribution in [0.3, 0.4) is 0 Å². The van der Waals surface area contributed by atoms with Crippen LogP contribution in [-0.2, 0) is 11.3 Å². The van der Waals surface area contributed by atoms with Crippen molar-refractivity contribution in [2.24, 2.45) is 0 Å². The first-order chi connectivity index (χ1) is 14.1. The van der Waals surface area contributed by atoms with Gasteiger partial charge in [-0.3, -0.25) is 0 Å². The average molecular weight is 398 g/mol. The number of carbonyl (C=O) groups is 1. The Labute approximate surface area is 164 Å². The lowest BCUT2D eigenvalue weighted by Gasteiger charge is -2.09. The van der Waals surface area contributed by atoms with E-state index >= 15 is 0 Å². The molecule has 0 saturated heterocycles. The number of carbonyl (C=O) groups excluding carboxylic acids is 1. The number of tetrazole rings is 1. The molecule has 3 aromatic rings. The first-order valence-electron chi connectivity index (χ1n) is 8.74. The molecule has 0 saturated carbocycles. The minimum Gasteiger partial charge on any atom is -0.454 e. The molecule has 1 aliphatic rings. The molecule has 150 valence electrons. The zero-order chi connectivity index (χ0) is 20.2. The molecule has 1 aromatic heterocycles. The van der Waals surface area contributed by atoms with E-state index in [4.69, 9.17) is 14.2 Å². The monoisotopic (exact) mass is 398 g/mol. The Kier molecular flexibility index (Phi) is 5.12. The molecule has 0 fully saturated rings. The van der Waals surface area contributed by atoms with Crippen LogP contribution >= 0.6 is 0 Å². The zero-order valence-electron chi connectivity index (χ0n) is 15.5. The van der Waals surface area contributed by atoms with E-state index in [0.717, 1.165) is 0 Å². The summed E-state index contributed by atoms with van der Waals surface area (Å²) in [6.45, 7) is 0.843. The van der Waals surface area contributed by atoms with Gasteiger partial charge in [-0.15, -0.1) is 0 Å². The molecule has 1 aliphatic heterocycles. The van der Waals surface area contributed by atoms with Gasteiger partial charge in [0, 0.05) is 24.6 Å². The molecule has 29 heavy (non-hydrogen) atoms. The van der Waals surface area contributed by atoms with Crippen molar-refractivity contribution >= 4 is 17.4 Å². The highest BCUT2D eigenvalue weighted by atomic mass is 16.7. The molecule has 11 heteroatoms. The number of aromatic nitrogens is 4. The highest BCUT2D eigenvalue weighted by molar-refractivity contribution is 6.00. The fourth-order valence-corrected chi connectivity index (χ4v) is 2.71. The lowest BCUT2D eigenvalue weighted by atomic mass is 10.2. The van der Waals surface area contributed by atoms with Crippen LogP contribution < -0.4 is 25.8 Å². The van der Waals surface area contributed by atoms with E-state index in [-0.39, 0.29) is 12.5 Å². The molecule has 0 atom stereocenters. The second kappa shape index (κ2) is 8.02. The van der Waals surface area contributed by atoms with Gasteiger partial charge in [-0.1, -0.05) is 0 Å². The second-order valence-corrected chi connectivity index (χ2v) is 6.08. The highest BCUT2D eigenvalue weighted by Gasteiger charge is 2.14. The third kappa shape index (κ3) is 4.04. The Morgan fingerprint density at radius 3 is 2.59 bits per heavy atom. The molecule has 0 radical (unpaired) electrons. The quantitative estimate of drug-likeness (QED) is 0.644. The summed E-state index contributed by atoms with van der Waals surface area (Å²) in [5.41, 5.74) is 1.28. The molecule has 0 aliphatic carbocycles. The maximum atomic E-state index is 12.3. The normalized spacial score (nSPS) is 12.0. The number of urea groups is 1. The van der Waals surface area contributed by atoms with Gasteiger partial charge in [-0.05, 0) is 46.8 Å². The van der Waals surface area contributed by atoms with Gasteiger partial charge in [0.15, 0.2) is 11.5 Å². The summed E-state index contributed by atoms with van der Waals surface area (Å²) in [5, 5.41) is 13.1. The Morgan fingerprint density at radius 1 is 1.07 bits per heavy atom. The van der Waals surface area contributed by atoms with Crippen molar-refractivity contribution in [2.75, 3.05) is 31.1 Å². The van der Waals surface area contributed by atoms with Crippen LogP contribution in [0.25, 0.3) is 5.69 Å². The first kappa shape index (κ1) is 18.5. The minimum atomic E-state index is -0.417. The van der Waals surface area contributed by atoms with Gasteiger partial charge < -0.3 is 24.8 Å². The van der Waals surface area contributed by atoms with Crippen molar-refractivity contribution in [2.45, 2.75) is 6.54 Å². The smallest absolute Gasteiger partial charge is 0.368 e. The lowest BCUT2D eigenvalue weighted by molar-refractivity contribution is 0.174. The second-order valence-electron chi connectivity index (χ2n) is 6.08. The maximum Gasteiger partial charge on any atom is 0.368 e. The summed E-state index contributed by atoms with van der Waals surface area (Å²) >= 11 is 0. The van der Waals surface area contributed by atoms with Crippen LogP contribution in [-0.4, -0.2) is 46.3 Å². The van der Waals surface area contributed by atoms with E-state index in [1.165, 1.54) is 9.36 Å². The van der Waals surface area contributed by atoms with Gasteiger partial charge in [0.25, 0.3) is 0 Å². The molecule has 4 rings (SSSR count). The molecule has 2 N–H and O–H groups in total. The zero-order valence-corrected chi connectivity index (χ0v) is 15.5. The van der Waals surface area contributed by atoms with Gasteiger partial charge in [0.2, 0.25) is 6.79 Å². The van der Waals surface area contributed by atoms with Crippen LogP contribution in [0.1, 0.15) is 0 Å². The molecule has 2 heterocycles. The van der Waals surface area contributed by atoms with Crippen LogP contribution in [0.15, 0.2) is 47.3 Å². The Hall–Kier alpha value is -3.86. The van der Waals surface area contributed by atoms with Gasteiger partial charge >= 0.3 is 11.7 Å². The fraction of sp³-hybridized carbons (Fsp3) is 0.222. The Bertz CT molecular complexity index is 1080. The number of methoxy groups -OCH3 is 1. The van der Waals surface area contributed by atoms with E-state index < -0.39 is 6.03 Å². The summed E-state index contributed by atoms with van der Waals surface area (Å²) in [5.74, 6) is 1.22. The van der Waals surface area contributed by atoms with Gasteiger partial charge in [-0.25, -0.2) is 9.59 Å². The minimum absolute atomic E-state index is 0.167. The Morgan fingerprint density at radius 2 is 1.79 bits per heavy atom. The molecular weight excluding hydrogens is 380 g/mol. The number of anilines is 2. The fourth-order valence-electron chi connectivity index (χ4n) is 2.71. The largest absolute Gasteiger partial charge is 0.454 e. The van der Waals surface area contributed by atoms with Crippen molar-refractivity contribution in [3.05, 3.63) is 52.9 Å². The number of nitrogens with zero attached hydrogens (tertiary/aromatic N) is 4. The number of amides is 2. The summed E-state index contributed by atoms with van der Waals surface area (Å²) < 4.78 is 17.9. The first-order valence-corrected chi connectivity index (χ1v) is 8.74. The lowest BCUT2D eigenvalue weighted by Crippen LogP contribution is -2.25. The maximum absolute atomic E-state index is 12.3. The number of ether oxygens (including phenoxy) is 3. The molecule has 2 amide bonds. The number of hydrogen-bond donors (Lipinski definition) is 2. The summed E-state index contributed by atoms with van der Waals surface area (Å²) in [6, 6.07) is 11.4. The number of rotatable bonds is 6. The number of hydrogen-bond acceptors (Lipinski definition) is 7. The number of benzene rings is 2. The van der Waals surface area contributed by atoms with Crippen LogP contribution in [0.5, 0.6) is 11.5 Å². The highest BCUT2D eigenvalue weighted by Crippen LogP contribution is 2.34. The molecule has 2 aromatic carbocycles. The predicted octanol–water partition coefficient (Wildman–Crippen LogP) is 1.45. The summed E-state index contributed by atoms with van der Waals surface area (Å²) in [7, 11) is 1.55. The SMILES string of the molecule is COCCn1nnn(-c2ccc(NC(=O)Nc3ccc4c(c3)OCO4)cc2)c1=O. The standard InChI is InChI=1S/C18H18N6O5/c1-27-9-8-23-18(26)24(22-21-23)14-5-2-12(3-6-14)19-17(25)20-13-4-7-15-16(10-13)29-11-28-15/h2-7,10H,8-9,11H2,1H3,(H2,19,20,25).